The van der Waals surface area contributed by atoms with Gasteiger partial charge in [0.25, 0.3) is 5.91 Å². The Kier molecular flexibility index (Phi) is 5.47. The van der Waals surface area contributed by atoms with Crippen LogP contribution in [0.5, 0.6) is 5.75 Å². The van der Waals surface area contributed by atoms with Crippen molar-refractivity contribution in [2.45, 2.75) is 65.0 Å². The van der Waals surface area contributed by atoms with Crippen LogP contribution in [0.15, 0.2) is 12.1 Å². The molecule has 3 rings (SSSR count). The van der Waals surface area contributed by atoms with E-state index in [9.17, 15) is 14.7 Å². The minimum atomic E-state index is -0.934. The molecule has 2 aliphatic rings. The Morgan fingerprint density at radius 3 is 2.52 bits per heavy atom. The number of aliphatic hydroxyl groups excluding tert-OH is 1. The molecule has 6 heteroatoms. The summed E-state index contributed by atoms with van der Waals surface area (Å²) in [4.78, 5) is 26.3. The number of nitrogens with one attached hydrogen (secondary N) is 1. The first-order valence-electron chi connectivity index (χ1n) is 9.75. The lowest BCUT2D eigenvalue weighted by atomic mass is 9.77. The van der Waals surface area contributed by atoms with Crippen molar-refractivity contribution in [1.82, 2.24) is 10.2 Å². The molecule has 1 aromatic carbocycles. The van der Waals surface area contributed by atoms with Crippen LogP contribution in [0.25, 0.3) is 0 Å². The first kappa shape index (κ1) is 19.7. The molecule has 1 aliphatic heterocycles. The first-order valence-corrected chi connectivity index (χ1v) is 9.75. The van der Waals surface area contributed by atoms with Gasteiger partial charge in [0.2, 0.25) is 0 Å². The number of β-amino-alcohol motifs (C(OH)–C–C–N with tert-alkyl or cyclic N) is 1. The number of urea groups is 1. The van der Waals surface area contributed by atoms with E-state index >= 15 is 0 Å². The molecule has 3 amide bonds. The SMILES string of the molecule is Cc1ccc(C)c(OC[C@H](O)CN2C(=O)NC3(CCC(C)CC3)C2=O)c1C. The van der Waals surface area contributed by atoms with Crippen LogP contribution in [0.4, 0.5) is 4.79 Å². The van der Waals surface area contributed by atoms with E-state index in [0.717, 1.165) is 40.2 Å². The molecule has 1 heterocycles. The Morgan fingerprint density at radius 2 is 1.85 bits per heavy atom. The van der Waals surface area contributed by atoms with Crippen LogP contribution in [-0.2, 0) is 4.79 Å². The van der Waals surface area contributed by atoms with Crippen molar-refractivity contribution in [1.29, 1.82) is 0 Å². The minimum Gasteiger partial charge on any atom is -0.490 e. The van der Waals surface area contributed by atoms with E-state index in [1.807, 2.05) is 32.9 Å². The van der Waals surface area contributed by atoms with Gasteiger partial charge in [-0.2, -0.15) is 0 Å². The van der Waals surface area contributed by atoms with Gasteiger partial charge in [-0.25, -0.2) is 4.79 Å². The van der Waals surface area contributed by atoms with Gasteiger partial charge in [0.15, 0.2) is 0 Å². The largest absolute Gasteiger partial charge is 0.490 e. The number of aryl methyl sites for hydroxylation is 2. The van der Waals surface area contributed by atoms with Crippen molar-refractivity contribution in [2.24, 2.45) is 5.92 Å². The molecular formula is C21H30N2O4. The lowest BCUT2D eigenvalue weighted by Crippen LogP contribution is -2.49. The van der Waals surface area contributed by atoms with Gasteiger partial charge in [0.1, 0.15) is 24.0 Å². The number of hydrogen-bond donors (Lipinski definition) is 2. The summed E-state index contributed by atoms with van der Waals surface area (Å²) < 4.78 is 5.82. The average molecular weight is 374 g/mol. The van der Waals surface area contributed by atoms with Crippen molar-refractivity contribution in [3.8, 4) is 5.75 Å². The molecule has 1 saturated carbocycles. The quantitative estimate of drug-likeness (QED) is 0.777. The number of amides is 3. The van der Waals surface area contributed by atoms with Gasteiger partial charge < -0.3 is 15.2 Å². The Labute approximate surface area is 160 Å². The number of rotatable bonds is 5. The van der Waals surface area contributed by atoms with Crippen molar-refractivity contribution in [2.75, 3.05) is 13.2 Å². The van der Waals surface area contributed by atoms with E-state index in [0.29, 0.717) is 18.8 Å². The van der Waals surface area contributed by atoms with Crippen LogP contribution in [0.1, 0.15) is 49.3 Å². The van der Waals surface area contributed by atoms with Gasteiger partial charge in [-0.15, -0.1) is 0 Å². The fourth-order valence-corrected chi connectivity index (χ4v) is 4.03. The second-order valence-electron chi connectivity index (χ2n) is 8.23. The number of hydrogen-bond acceptors (Lipinski definition) is 4. The summed E-state index contributed by atoms with van der Waals surface area (Å²) in [5.74, 6) is 1.12. The van der Waals surface area contributed by atoms with Gasteiger partial charge in [0, 0.05) is 0 Å². The number of ether oxygens (including phenoxy) is 1. The number of imide groups is 1. The molecule has 1 saturated heterocycles. The molecule has 2 fully saturated rings. The normalized spacial score (nSPS) is 26.4. The van der Waals surface area contributed by atoms with Gasteiger partial charge in [-0.05, 0) is 69.1 Å². The molecule has 0 aromatic heterocycles. The summed E-state index contributed by atoms with van der Waals surface area (Å²) in [5, 5.41) is 13.3. The van der Waals surface area contributed by atoms with Crippen LogP contribution in [0.3, 0.4) is 0 Å². The summed E-state index contributed by atoms with van der Waals surface area (Å²) in [7, 11) is 0. The van der Waals surface area contributed by atoms with E-state index in [4.69, 9.17) is 4.74 Å². The summed E-state index contributed by atoms with van der Waals surface area (Å²) in [6.45, 7) is 8.10. The van der Waals surface area contributed by atoms with E-state index in [1.165, 1.54) is 0 Å². The maximum atomic E-state index is 12.9. The second kappa shape index (κ2) is 7.50. The number of nitrogens with zero attached hydrogens (tertiary/aromatic N) is 1. The van der Waals surface area contributed by atoms with Crippen LogP contribution in [0, 0.1) is 26.7 Å². The molecule has 2 N–H and O–H groups in total. The number of carbonyl (C=O) groups is 2. The molecule has 148 valence electrons. The zero-order chi connectivity index (χ0) is 19.8. The molecule has 1 aliphatic carbocycles. The van der Waals surface area contributed by atoms with Gasteiger partial charge >= 0.3 is 6.03 Å². The van der Waals surface area contributed by atoms with Gasteiger partial charge in [-0.3, -0.25) is 9.69 Å². The Bertz CT molecular complexity index is 738. The maximum Gasteiger partial charge on any atom is 0.325 e. The molecule has 6 nitrogen and oxygen atoms in total. The lowest BCUT2D eigenvalue weighted by Gasteiger charge is -2.33. The standard InChI is InChI=1S/C21H30N2O4/c1-13-7-9-21(10-8-13)19(25)23(20(26)22-21)11-17(24)12-27-18-15(3)6-5-14(2)16(18)4/h5-6,13,17,24H,7-12H2,1-4H3,(H,22,26)/t13?,17-,21?/m1/s1. The third kappa shape index (κ3) is 3.81. The third-order valence-corrected chi connectivity index (χ3v) is 6.06. The third-order valence-electron chi connectivity index (χ3n) is 6.06. The summed E-state index contributed by atoms with van der Waals surface area (Å²) in [6.07, 6.45) is 2.26. The molecule has 1 aromatic rings. The fraction of sp³-hybridized carbons (Fsp3) is 0.619. The minimum absolute atomic E-state index is 0.0340. The Morgan fingerprint density at radius 1 is 1.22 bits per heavy atom. The van der Waals surface area contributed by atoms with Crippen LogP contribution in [-0.4, -0.2) is 46.7 Å². The Balaban J connectivity index is 1.61. The van der Waals surface area contributed by atoms with Gasteiger partial charge in [-0.1, -0.05) is 19.1 Å². The molecular weight excluding hydrogens is 344 g/mol. The predicted octanol–water partition coefficient (Wildman–Crippen LogP) is 2.85. The maximum absolute atomic E-state index is 12.9. The molecule has 1 atom stereocenters. The topological polar surface area (TPSA) is 78.9 Å². The highest BCUT2D eigenvalue weighted by atomic mass is 16.5. The fourth-order valence-electron chi connectivity index (χ4n) is 4.03. The highest BCUT2D eigenvalue weighted by Crippen LogP contribution is 2.36. The molecule has 1 spiro atoms. The monoisotopic (exact) mass is 374 g/mol. The van der Waals surface area contributed by atoms with E-state index in [2.05, 4.69) is 12.2 Å². The van der Waals surface area contributed by atoms with E-state index < -0.39 is 17.7 Å². The van der Waals surface area contributed by atoms with Crippen LogP contribution >= 0.6 is 0 Å². The summed E-state index contributed by atoms with van der Waals surface area (Å²) in [6, 6.07) is 3.61. The van der Waals surface area contributed by atoms with Crippen LogP contribution in [0.2, 0.25) is 0 Å². The molecule has 0 radical (unpaired) electrons. The highest BCUT2D eigenvalue weighted by Gasteiger charge is 2.52. The molecule has 0 bridgehead atoms. The average Bonchev–Trinajstić information content (AvgIpc) is 2.85. The summed E-state index contributed by atoms with van der Waals surface area (Å²) >= 11 is 0. The van der Waals surface area contributed by atoms with Crippen molar-refractivity contribution in [3.63, 3.8) is 0 Å². The lowest BCUT2D eigenvalue weighted by molar-refractivity contribution is -0.133. The Hall–Kier alpha value is -2.08. The van der Waals surface area contributed by atoms with Crippen molar-refractivity contribution < 1.29 is 19.4 Å². The number of carbonyl (C=O) groups excluding carboxylic acids is 2. The molecule has 0 unspecified atom stereocenters. The van der Waals surface area contributed by atoms with Crippen molar-refractivity contribution >= 4 is 11.9 Å². The van der Waals surface area contributed by atoms with Crippen molar-refractivity contribution in [3.05, 3.63) is 28.8 Å². The van der Waals surface area contributed by atoms with E-state index in [-0.39, 0.29) is 19.1 Å². The number of aliphatic hydroxyl groups is 1. The second-order valence-corrected chi connectivity index (χ2v) is 8.23. The summed E-state index contributed by atoms with van der Waals surface area (Å²) in [5.41, 5.74) is 2.38. The van der Waals surface area contributed by atoms with Gasteiger partial charge in [0.05, 0.1) is 6.54 Å². The smallest absolute Gasteiger partial charge is 0.325 e. The predicted molar refractivity (Wildman–Crippen MR) is 103 cm³/mol. The van der Waals surface area contributed by atoms with E-state index in [1.54, 1.807) is 0 Å². The molecule has 27 heavy (non-hydrogen) atoms. The zero-order valence-electron chi connectivity index (χ0n) is 16.7. The number of benzene rings is 1. The zero-order valence-corrected chi connectivity index (χ0v) is 16.7. The highest BCUT2D eigenvalue weighted by molar-refractivity contribution is 6.07. The first-order chi connectivity index (χ1) is 12.7. The van der Waals surface area contributed by atoms with Crippen LogP contribution < -0.4 is 10.1 Å².